The van der Waals surface area contributed by atoms with E-state index in [1.165, 1.54) is 0 Å². The van der Waals surface area contributed by atoms with E-state index >= 15 is 0 Å². The molecule has 4 heteroatoms. The first-order chi connectivity index (χ1) is 8.02. The van der Waals surface area contributed by atoms with Gasteiger partial charge in [-0.3, -0.25) is 9.59 Å². The molecular formula is C13H18Cl2O2. The largest absolute Gasteiger partial charge is 0.281 e. The van der Waals surface area contributed by atoms with Crippen LogP contribution in [-0.4, -0.2) is 10.5 Å². The van der Waals surface area contributed by atoms with E-state index in [1.54, 1.807) is 0 Å². The maximum Gasteiger partial charge on any atom is 0.224 e. The lowest BCUT2D eigenvalue weighted by Gasteiger charge is -2.43. The minimum atomic E-state index is -0.176. The minimum absolute atomic E-state index is 0.0645. The maximum atomic E-state index is 11.1. The molecule has 0 saturated heterocycles. The van der Waals surface area contributed by atoms with E-state index in [-0.39, 0.29) is 22.3 Å². The van der Waals surface area contributed by atoms with Gasteiger partial charge in [0, 0.05) is 11.8 Å². The summed E-state index contributed by atoms with van der Waals surface area (Å²) in [5.41, 5.74) is 0.367. The van der Waals surface area contributed by atoms with Crippen LogP contribution in [0.5, 0.6) is 0 Å². The van der Waals surface area contributed by atoms with Gasteiger partial charge >= 0.3 is 0 Å². The summed E-state index contributed by atoms with van der Waals surface area (Å²) in [6.45, 7) is 0. The van der Waals surface area contributed by atoms with Crippen molar-refractivity contribution in [3.8, 4) is 0 Å². The highest BCUT2D eigenvalue weighted by molar-refractivity contribution is 6.64. The molecule has 0 atom stereocenters. The molecule has 0 N–H and O–H groups in total. The second-order valence-electron chi connectivity index (χ2n) is 5.66. The Morgan fingerprint density at radius 2 is 1.06 bits per heavy atom. The first-order valence-corrected chi connectivity index (χ1v) is 7.17. The van der Waals surface area contributed by atoms with Crippen LogP contribution in [-0.2, 0) is 9.59 Å². The Hall–Kier alpha value is -0.0800. The van der Waals surface area contributed by atoms with E-state index in [2.05, 4.69) is 0 Å². The van der Waals surface area contributed by atoms with E-state index in [9.17, 15) is 9.59 Å². The molecule has 96 valence electrons. The van der Waals surface area contributed by atoms with E-state index in [0.717, 1.165) is 51.4 Å². The highest BCUT2D eigenvalue weighted by Crippen LogP contribution is 2.50. The van der Waals surface area contributed by atoms with Gasteiger partial charge < -0.3 is 0 Å². The van der Waals surface area contributed by atoms with Crippen LogP contribution in [0.15, 0.2) is 0 Å². The molecule has 2 aliphatic rings. The summed E-state index contributed by atoms with van der Waals surface area (Å²) < 4.78 is 0. The van der Waals surface area contributed by atoms with Gasteiger partial charge in [0.05, 0.1) is 0 Å². The van der Waals surface area contributed by atoms with Crippen LogP contribution >= 0.6 is 23.2 Å². The van der Waals surface area contributed by atoms with Crippen molar-refractivity contribution in [1.29, 1.82) is 0 Å². The highest BCUT2D eigenvalue weighted by Gasteiger charge is 2.40. The highest BCUT2D eigenvalue weighted by atomic mass is 35.5. The van der Waals surface area contributed by atoms with Crippen molar-refractivity contribution >= 4 is 33.7 Å². The summed E-state index contributed by atoms with van der Waals surface area (Å²) >= 11 is 11.1. The lowest BCUT2D eigenvalue weighted by molar-refractivity contribution is -0.117. The van der Waals surface area contributed by atoms with E-state index < -0.39 is 0 Å². The Morgan fingerprint density at radius 1 is 0.765 bits per heavy atom. The zero-order valence-electron chi connectivity index (χ0n) is 9.88. The molecule has 2 nitrogen and oxygen atoms in total. The summed E-state index contributed by atoms with van der Waals surface area (Å²) in [6, 6.07) is 0. The van der Waals surface area contributed by atoms with Gasteiger partial charge in [-0.25, -0.2) is 0 Å². The fourth-order valence-corrected chi connectivity index (χ4v) is 3.85. The van der Waals surface area contributed by atoms with Crippen molar-refractivity contribution in [2.75, 3.05) is 0 Å². The van der Waals surface area contributed by atoms with Crippen LogP contribution in [0.2, 0.25) is 0 Å². The number of hydrogen-bond acceptors (Lipinski definition) is 2. The van der Waals surface area contributed by atoms with Crippen LogP contribution < -0.4 is 0 Å². The van der Waals surface area contributed by atoms with E-state index in [0.29, 0.717) is 5.41 Å². The number of carbonyl (C=O) groups excluding carboxylic acids is 2. The Balaban J connectivity index is 1.88. The monoisotopic (exact) mass is 276 g/mol. The van der Waals surface area contributed by atoms with Gasteiger partial charge in [0.15, 0.2) is 0 Å². The summed E-state index contributed by atoms with van der Waals surface area (Å²) in [4.78, 5) is 22.2. The third-order valence-corrected chi connectivity index (χ3v) is 5.35. The molecule has 2 fully saturated rings. The molecule has 0 heterocycles. The van der Waals surface area contributed by atoms with Crippen molar-refractivity contribution in [1.82, 2.24) is 0 Å². The third-order valence-electron chi connectivity index (χ3n) is 4.73. The van der Waals surface area contributed by atoms with Crippen molar-refractivity contribution < 1.29 is 9.59 Å². The van der Waals surface area contributed by atoms with Gasteiger partial charge in [0.25, 0.3) is 0 Å². The summed E-state index contributed by atoms with van der Waals surface area (Å²) in [6.07, 6.45) is 8.00. The number of carbonyl (C=O) groups is 2. The van der Waals surface area contributed by atoms with Crippen LogP contribution in [0, 0.1) is 17.3 Å². The van der Waals surface area contributed by atoms with E-state index in [1.807, 2.05) is 0 Å². The maximum absolute atomic E-state index is 11.1. The average Bonchev–Trinajstić information content (AvgIpc) is 2.30. The van der Waals surface area contributed by atoms with Crippen molar-refractivity contribution in [2.24, 2.45) is 17.3 Å². The molecule has 0 amide bonds. The van der Waals surface area contributed by atoms with E-state index in [4.69, 9.17) is 23.2 Å². The number of halogens is 2. The normalized spacial score (nSPS) is 38.0. The minimum Gasteiger partial charge on any atom is -0.281 e. The Morgan fingerprint density at radius 3 is 1.29 bits per heavy atom. The second kappa shape index (κ2) is 5.27. The standard InChI is InChI=1S/C13H18Cl2O2/c14-11(16)9-1-5-13(6-2-9)7-3-10(4-8-13)12(15)17/h9-10H,1-8H2. The molecule has 0 aromatic rings. The summed E-state index contributed by atoms with van der Waals surface area (Å²) in [5.74, 6) is 0.129. The van der Waals surface area contributed by atoms with Gasteiger partial charge in [0.1, 0.15) is 0 Å². The molecule has 2 rings (SSSR count). The van der Waals surface area contributed by atoms with Gasteiger partial charge in [-0.2, -0.15) is 0 Å². The lowest BCUT2D eigenvalue weighted by Crippen LogP contribution is -2.34. The number of hydrogen-bond donors (Lipinski definition) is 0. The fourth-order valence-electron chi connectivity index (χ4n) is 3.41. The molecule has 2 saturated carbocycles. The Kier molecular flexibility index (Phi) is 4.14. The average molecular weight is 277 g/mol. The SMILES string of the molecule is O=C(Cl)C1CCC2(CC1)CCC(C(=O)Cl)CC2. The fraction of sp³-hybridized carbons (Fsp3) is 0.846. The molecular weight excluding hydrogens is 259 g/mol. The van der Waals surface area contributed by atoms with Gasteiger partial charge in [-0.05, 0) is 80.0 Å². The molecule has 0 unspecified atom stereocenters. The third kappa shape index (κ3) is 3.03. The van der Waals surface area contributed by atoms with Crippen LogP contribution in [0.4, 0.5) is 0 Å². The predicted octanol–water partition coefficient (Wildman–Crippen LogP) is 3.88. The van der Waals surface area contributed by atoms with Gasteiger partial charge in [-0.1, -0.05) is 0 Å². The zero-order chi connectivity index (χ0) is 12.5. The number of rotatable bonds is 2. The Labute approximate surface area is 112 Å². The Bertz CT molecular complexity index is 276. The van der Waals surface area contributed by atoms with Crippen LogP contribution in [0.3, 0.4) is 0 Å². The smallest absolute Gasteiger partial charge is 0.224 e. The molecule has 2 aliphatic carbocycles. The van der Waals surface area contributed by atoms with Gasteiger partial charge in [-0.15, -0.1) is 0 Å². The van der Waals surface area contributed by atoms with Crippen LogP contribution in [0.25, 0.3) is 0 Å². The van der Waals surface area contributed by atoms with Crippen molar-refractivity contribution in [3.63, 3.8) is 0 Å². The second-order valence-corrected chi connectivity index (χ2v) is 6.40. The molecule has 0 aromatic heterocycles. The topological polar surface area (TPSA) is 34.1 Å². The first-order valence-electron chi connectivity index (χ1n) is 6.41. The lowest BCUT2D eigenvalue weighted by atomic mass is 9.62. The molecule has 0 aliphatic heterocycles. The zero-order valence-corrected chi connectivity index (χ0v) is 11.4. The molecule has 0 radical (unpaired) electrons. The molecule has 0 aromatic carbocycles. The predicted molar refractivity (Wildman–Crippen MR) is 68.1 cm³/mol. The molecule has 17 heavy (non-hydrogen) atoms. The molecule has 0 bridgehead atoms. The molecule has 1 spiro atoms. The quantitative estimate of drug-likeness (QED) is 0.718. The van der Waals surface area contributed by atoms with Crippen molar-refractivity contribution in [2.45, 2.75) is 51.4 Å². The summed E-state index contributed by atoms with van der Waals surface area (Å²) in [7, 11) is 0. The first kappa shape index (κ1) is 13.4. The summed E-state index contributed by atoms with van der Waals surface area (Å²) in [5, 5.41) is -0.353. The van der Waals surface area contributed by atoms with Gasteiger partial charge in [0.2, 0.25) is 10.5 Å². The van der Waals surface area contributed by atoms with Crippen molar-refractivity contribution in [3.05, 3.63) is 0 Å². The van der Waals surface area contributed by atoms with Crippen LogP contribution in [0.1, 0.15) is 51.4 Å².